The predicted octanol–water partition coefficient (Wildman–Crippen LogP) is 3.03. The van der Waals surface area contributed by atoms with Gasteiger partial charge in [-0.1, -0.05) is 0 Å². The van der Waals surface area contributed by atoms with E-state index in [1.165, 1.54) is 0 Å². The van der Waals surface area contributed by atoms with Gasteiger partial charge >= 0.3 is 0 Å². The van der Waals surface area contributed by atoms with Crippen LogP contribution in [0.4, 0.5) is 0 Å². The number of ether oxygens (including phenoxy) is 1. The third-order valence-corrected chi connectivity index (χ3v) is 7.78. The zero-order valence-corrected chi connectivity index (χ0v) is 16.6. The molecule has 0 aliphatic carbocycles. The van der Waals surface area contributed by atoms with Crippen molar-refractivity contribution in [2.24, 2.45) is 0 Å². The fourth-order valence-corrected chi connectivity index (χ4v) is 6.39. The first-order valence-electron chi connectivity index (χ1n) is 9.81. The summed E-state index contributed by atoms with van der Waals surface area (Å²) in [4.78, 5) is 4.34. The molecule has 2 saturated heterocycles. The van der Waals surface area contributed by atoms with E-state index >= 15 is 0 Å². The van der Waals surface area contributed by atoms with Crippen LogP contribution in [0.5, 0.6) is 5.75 Å². The summed E-state index contributed by atoms with van der Waals surface area (Å²) >= 11 is 0. The van der Waals surface area contributed by atoms with Crippen LogP contribution < -0.4 is 4.74 Å². The van der Waals surface area contributed by atoms with E-state index in [0.717, 1.165) is 24.3 Å². The summed E-state index contributed by atoms with van der Waals surface area (Å²) in [7, 11) is -3.54. The number of hydrogen-bond acceptors (Lipinski definition) is 5. The number of nitrogens with zero attached hydrogens (tertiary/aromatic N) is 4. The number of pyridine rings is 1. The molecule has 0 N–H and O–H groups in total. The summed E-state index contributed by atoms with van der Waals surface area (Å²) in [5.41, 5.74) is 0.835. The lowest BCUT2D eigenvalue weighted by Gasteiger charge is -2.37. The Labute approximate surface area is 170 Å². The van der Waals surface area contributed by atoms with E-state index in [0.29, 0.717) is 17.7 Å². The van der Waals surface area contributed by atoms with Crippen molar-refractivity contribution in [3.05, 3.63) is 67.3 Å². The minimum atomic E-state index is -3.54. The second kappa shape index (κ2) is 7.27. The quantitative estimate of drug-likeness (QED) is 0.646. The van der Waals surface area contributed by atoms with Gasteiger partial charge in [-0.15, -0.1) is 0 Å². The summed E-state index contributed by atoms with van der Waals surface area (Å²) in [6.07, 6.45) is 10.2. The Hall–Kier alpha value is -2.71. The molecule has 7 nitrogen and oxygen atoms in total. The monoisotopic (exact) mass is 410 g/mol. The highest BCUT2D eigenvalue weighted by Crippen LogP contribution is 2.41. The summed E-state index contributed by atoms with van der Waals surface area (Å²) in [5.74, 6) is 0.787. The molecule has 29 heavy (non-hydrogen) atoms. The first kappa shape index (κ1) is 18.3. The molecule has 2 aliphatic rings. The molecule has 0 spiro atoms. The van der Waals surface area contributed by atoms with Crippen molar-refractivity contribution >= 4 is 10.0 Å². The molecule has 2 atom stereocenters. The average molecular weight is 410 g/mol. The molecule has 0 saturated carbocycles. The first-order valence-corrected chi connectivity index (χ1v) is 11.3. The van der Waals surface area contributed by atoms with Crippen LogP contribution in [-0.2, 0) is 10.0 Å². The molecule has 3 aromatic rings. The number of aromatic nitrogens is 3. The van der Waals surface area contributed by atoms with E-state index in [4.69, 9.17) is 4.74 Å². The smallest absolute Gasteiger partial charge is 0.243 e. The maximum atomic E-state index is 13.4. The van der Waals surface area contributed by atoms with Gasteiger partial charge in [-0.2, -0.15) is 9.40 Å². The minimum absolute atomic E-state index is 0.0172. The highest BCUT2D eigenvalue weighted by Gasteiger charge is 2.47. The number of sulfonamides is 1. The predicted molar refractivity (Wildman–Crippen MR) is 107 cm³/mol. The number of piperidine rings is 1. The third-order valence-electron chi connectivity index (χ3n) is 5.76. The van der Waals surface area contributed by atoms with Gasteiger partial charge in [0.1, 0.15) is 11.9 Å². The van der Waals surface area contributed by atoms with Gasteiger partial charge < -0.3 is 4.74 Å². The molecule has 5 rings (SSSR count). The van der Waals surface area contributed by atoms with Crippen LogP contribution >= 0.6 is 0 Å². The summed E-state index contributed by atoms with van der Waals surface area (Å²) in [5, 5.41) is 4.18. The van der Waals surface area contributed by atoms with Crippen LogP contribution in [0.2, 0.25) is 0 Å². The van der Waals surface area contributed by atoms with Gasteiger partial charge in [0.2, 0.25) is 10.0 Å². The Morgan fingerprint density at radius 3 is 2.24 bits per heavy atom. The molecular weight excluding hydrogens is 388 g/mol. The van der Waals surface area contributed by atoms with Gasteiger partial charge in [-0.3, -0.25) is 4.98 Å². The van der Waals surface area contributed by atoms with Crippen LogP contribution in [0.1, 0.15) is 25.7 Å². The second-order valence-corrected chi connectivity index (χ2v) is 9.40. The average Bonchev–Trinajstić information content (AvgIpc) is 3.36. The Morgan fingerprint density at radius 1 is 0.931 bits per heavy atom. The van der Waals surface area contributed by atoms with Crippen molar-refractivity contribution in [1.82, 2.24) is 19.1 Å². The van der Waals surface area contributed by atoms with E-state index in [-0.39, 0.29) is 18.2 Å². The van der Waals surface area contributed by atoms with Crippen LogP contribution in [0.15, 0.2) is 72.1 Å². The molecule has 1 aromatic carbocycles. The number of fused-ring (bicyclic) bond motifs is 2. The molecule has 0 amide bonds. The van der Waals surface area contributed by atoms with Crippen molar-refractivity contribution < 1.29 is 13.2 Å². The van der Waals surface area contributed by atoms with Crippen LogP contribution in [0.25, 0.3) is 5.69 Å². The van der Waals surface area contributed by atoms with Crippen molar-refractivity contribution in [2.45, 2.75) is 48.8 Å². The van der Waals surface area contributed by atoms with Crippen molar-refractivity contribution in [2.75, 3.05) is 0 Å². The molecule has 2 bridgehead atoms. The first-order chi connectivity index (χ1) is 14.1. The van der Waals surface area contributed by atoms with Crippen molar-refractivity contribution in [3.8, 4) is 11.4 Å². The van der Waals surface area contributed by atoms with Gasteiger partial charge in [0.15, 0.2) is 0 Å². The largest absolute Gasteiger partial charge is 0.490 e. The second-order valence-electron chi connectivity index (χ2n) is 7.56. The Balaban J connectivity index is 1.34. The highest BCUT2D eigenvalue weighted by molar-refractivity contribution is 7.89. The lowest BCUT2D eigenvalue weighted by atomic mass is 10.0. The van der Waals surface area contributed by atoms with Gasteiger partial charge in [0, 0.05) is 49.7 Å². The maximum absolute atomic E-state index is 13.4. The number of rotatable bonds is 5. The molecular formula is C21H22N4O3S. The molecule has 8 heteroatoms. The fraction of sp³-hybridized carbons (Fsp3) is 0.333. The lowest BCUT2D eigenvalue weighted by molar-refractivity contribution is 0.0956. The molecule has 2 unspecified atom stereocenters. The van der Waals surface area contributed by atoms with Gasteiger partial charge in [0.05, 0.1) is 10.6 Å². The van der Waals surface area contributed by atoms with E-state index in [1.54, 1.807) is 51.8 Å². The van der Waals surface area contributed by atoms with Gasteiger partial charge in [0.25, 0.3) is 0 Å². The molecule has 4 heterocycles. The SMILES string of the molecule is O=S(=O)(c1ccc(-n2cccn2)cc1)N1C2CCC1CC(Oc1ccncc1)C2. The molecule has 2 aromatic heterocycles. The topological polar surface area (TPSA) is 77.3 Å². The van der Waals surface area contributed by atoms with Crippen molar-refractivity contribution in [3.63, 3.8) is 0 Å². The minimum Gasteiger partial charge on any atom is -0.490 e. The number of benzene rings is 1. The van der Waals surface area contributed by atoms with E-state index in [1.807, 2.05) is 24.4 Å². The Kier molecular flexibility index (Phi) is 4.60. The van der Waals surface area contributed by atoms with Crippen LogP contribution in [0, 0.1) is 0 Å². The summed E-state index contributed by atoms with van der Waals surface area (Å²) in [6.45, 7) is 0. The third kappa shape index (κ3) is 3.42. The lowest BCUT2D eigenvalue weighted by Crippen LogP contribution is -2.49. The fourth-order valence-electron chi connectivity index (χ4n) is 4.50. The zero-order chi connectivity index (χ0) is 19.8. The van der Waals surface area contributed by atoms with Crippen LogP contribution in [0.3, 0.4) is 0 Å². The Bertz CT molecular complexity index is 1050. The summed E-state index contributed by atoms with van der Waals surface area (Å²) < 4.78 is 36.3. The van der Waals surface area contributed by atoms with E-state index in [9.17, 15) is 8.42 Å². The van der Waals surface area contributed by atoms with Crippen molar-refractivity contribution in [1.29, 1.82) is 0 Å². The van der Waals surface area contributed by atoms with Gasteiger partial charge in [-0.05, 0) is 55.3 Å². The maximum Gasteiger partial charge on any atom is 0.243 e. The number of hydrogen-bond donors (Lipinski definition) is 0. The standard InChI is InChI=1S/C21H22N4O3S/c26-29(27,21-6-4-16(5-7-21)24-13-1-10-23-24)25-17-2-3-18(25)15-20(14-17)28-19-8-11-22-12-9-19/h1,4-13,17-18,20H,2-3,14-15H2. The van der Waals surface area contributed by atoms with E-state index < -0.39 is 10.0 Å². The van der Waals surface area contributed by atoms with Gasteiger partial charge in [-0.25, -0.2) is 13.1 Å². The molecule has 2 fully saturated rings. The highest BCUT2D eigenvalue weighted by atomic mass is 32.2. The van der Waals surface area contributed by atoms with E-state index in [2.05, 4.69) is 10.1 Å². The van der Waals surface area contributed by atoms with Crippen LogP contribution in [-0.4, -0.2) is 45.7 Å². The summed E-state index contributed by atoms with van der Waals surface area (Å²) in [6, 6.07) is 12.4. The molecule has 150 valence electrons. The molecule has 0 radical (unpaired) electrons. The zero-order valence-electron chi connectivity index (χ0n) is 15.8. The molecule has 2 aliphatic heterocycles. The normalized spacial score (nSPS) is 24.5. The Morgan fingerprint density at radius 2 is 1.62 bits per heavy atom.